The van der Waals surface area contributed by atoms with Crippen molar-refractivity contribution in [1.29, 1.82) is 0 Å². The molecule has 166 valence electrons. The molecule has 3 aromatic rings. The van der Waals surface area contributed by atoms with Crippen LogP contribution in [0.4, 0.5) is 5.82 Å². The predicted molar refractivity (Wildman–Crippen MR) is 122 cm³/mol. The average molecular weight is 453 g/mol. The van der Waals surface area contributed by atoms with Crippen molar-refractivity contribution in [2.45, 2.75) is 0 Å². The molecule has 1 fully saturated rings. The van der Waals surface area contributed by atoms with Gasteiger partial charge >= 0.3 is 0 Å². The Balaban J connectivity index is 1.26. The van der Waals surface area contributed by atoms with Crippen LogP contribution < -0.4 is 10.2 Å². The minimum atomic E-state index is -3.47. The summed E-state index contributed by atoms with van der Waals surface area (Å²) in [5, 5.41) is 2.64. The normalized spacial score (nSPS) is 14.8. The topological polar surface area (TPSA) is 108 Å². The zero-order chi connectivity index (χ0) is 22.4. The molecule has 1 aliphatic heterocycles. The summed E-state index contributed by atoms with van der Waals surface area (Å²) >= 11 is 0. The second-order valence-electron chi connectivity index (χ2n) is 7.31. The molecule has 4 rings (SSSR count). The monoisotopic (exact) mass is 452 g/mol. The first kappa shape index (κ1) is 21.8. The van der Waals surface area contributed by atoms with Gasteiger partial charge in [-0.25, -0.2) is 23.4 Å². The van der Waals surface area contributed by atoms with Gasteiger partial charge in [0.25, 0.3) is 5.91 Å². The lowest BCUT2D eigenvalue weighted by atomic mass is 10.2. The Morgan fingerprint density at radius 2 is 1.59 bits per heavy atom. The fourth-order valence-electron chi connectivity index (χ4n) is 3.44. The highest BCUT2D eigenvalue weighted by molar-refractivity contribution is 7.89. The second kappa shape index (κ2) is 9.84. The molecule has 10 heteroatoms. The Hall–Kier alpha value is -3.37. The fourth-order valence-corrected chi connectivity index (χ4v) is 4.78. The van der Waals surface area contributed by atoms with E-state index in [-0.39, 0.29) is 17.9 Å². The van der Waals surface area contributed by atoms with Crippen LogP contribution in [0.5, 0.6) is 0 Å². The van der Waals surface area contributed by atoms with Crippen molar-refractivity contribution in [3.63, 3.8) is 0 Å². The molecule has 0 atom stereocenters. The molecule has 0 radical (unpaired) electrons. The summed E-state index contributed by atoms with van der Waals surface area (Å²) in [5.41, 5.74) is 1.14. The highest BCUT2D eigenvalue weighted by Gasteiger charge is 2.27. The number of piperazine rings is 1. The lowest BCUT2D eigenvalue weighted by Crippen LogP contribution is -2.50. The molecule has 1 saturated heterocycles. The Labute approximate surface area is 187 Å². The van der Waals surface area contributed by atoms with Gasteiger partial charge in [0.05, 0.1) is 11.3 Å². The van der Waals surface area contributed by atoms with Crippen molar-refractivity contribution in [2.24, 2.45) is 0 Å². The lowest BCUT2D eigenvalue weighted by molar-refractivity contribution is 0.0955. The predicted octanol–water partition coefficient (Wildman–Crippen LogP) is 1.42. The second-order valence-corrected chi connectivity index (χ2v) is 9.40. The number of hydrogen-bond donors (Lipinski definition) is 1. The Bertz CT molecular complexity index is 1130. The summed E-state index contributed by atoms with van der Waals surface area (Å²) in [6, 6.07) is 15.1. The first-order valence-corrected chi connectivity index (χ1v) is 11.9. The van der Waals surface area contributed by atoms with E-state index in [2.05, 4.69) is 25.2 Å². The summed E-state index contributed by atoms with van der Waals surface area (Å²) < 4.78 is 26.8. The number of rotatable bonds is 7. The van der Waals surface area contributed by atoms with E-state index in [0.717, 1.165) is 11.4 Å². The van der Waals surface area contributed by atoms with E-state index in [1.807, 2.05) is 48.5 Å². The van der Waals surface area contributed by atoms with Crippen LogP contribution in [0.2, 0.25) is 0 Å². The molecule has 3 heterocycles. The Kier molecular flexibility index (Phi) is 6.72. The third-order valence-electron chi connectivity index (χ3n) is 5.20. The van der Waals surface area contributed by atoms with E-state index in [4.69, 9.17) is 0 Å². The Morgan fingerprint density at radius 1 is 0.906 bits per heavy atom. The molecule has 0 spiro atoms. The summed E-state index contributed by atoms with van der Waals surface area (Å²) in [6.45, 7) is 1.95. The molecule has 2 aromatic heterocycles. The largest absolute Gasteiger partial charge is 0.354 e. The summed E-state index contributed by atoms with van der Waals surface area (Å²) in [6.07, 6.45) is 4.60. The third kappa shape index (κ3) is 5.27. The maximum absolute atomic E-state index is 12.7. The smallest absolute Gasteiger partial charge is 0.254 e. The van der Waals surface area contributed by atoms with Gasteiger partial charge in [-0.05, 0) is 12.1 Å². The molecule has 1 aromatic carbocycles. The molecule has 0 saturated carbocycles. The number of nitrogens with zero attached hydrogens (tertiary/aromatic N) is 5. The molecule has 0 unspecified atom stereocenters. The minimum Gasteiger partial charge on any atom is -0.354 e. The van der Waals surface area contributed by atoms with Gasteiger partial charge in [0.15, 0.2) is 5.82 Å². The highest BCUT2D eigenvalue weighted by atomic mass is 32.2. The number of anilines is 1. The van der Waals surface area contributed by atoms with Gasteiger partial charge in [0.1, 0.15) is 5.82 Å². The number of sulfonamides is 1. The van der Waals surface area contributed by atoms with Crippen molar-refractivity contribution in [1.82, 2.24) is 24.6 Å². The zero-order valence-electron chi connectivity index (χ0n) is 17.5. The van der Waals surface area contributed by atoms with Crippen LogP contribution in [0.1, 0.15) is 10.4 Å². The zero-order valence-corrected chi connectivity index (χ0v) is 18.3. The van der Waals surface area contributed by atoms with Crippen LogP contribution in [-0.2, 0) is 10.0 Å². The minimum absolute atomic E-state index is 0.0159. The number of aromatic nitrogens is 3. The van der Waals surface area contributed by atoms with Crippen LogP contribution in [0, 0.1) is 0 Å². The standard InChI is InChI=1S/C22H24N6O3S/c29-22(19-16-25-21(26-17-19)18-6-2-1-3-7-18)24-10-15-32(30,31)28-13-11-27(12-14-28)20-8-4-5-9-23-20/h1-9,16-17H,10-15H2,(H,24,29). The third-order valence-corrected chi connectivity index (χ3v) is 7.07. The maximum Gasteiger partial charge on any atom is 0.254 e. The first-order chi connectivity index (χ1) is 15.5. The van der Waals surface area contributed by atoms with E-state index in [1.54, 1.807) is 6.20 Å². The van der Waals surface area contributed by atoms with E-state index in [9.17, 15) is 13.2 Å². The molecule has 0 bridgehead atoms. The summed E-state index contributed by atoms with van der Waals surface area (Å²) in [4.78, 5) is 27.2. The Morgan fingerprint density at radius 3 is 2.25 bits per heavy atom. The van der Waals surface area contributed by atoms with Crippen molar-refractivity contribution >= 4 is 21.7 Å². The van der Waals surface area contributed by atoms with Crippen LogP contribution in [0.25, 0.3) is 11.4 Å². The maximum atomic E-state index is 12.7. The number of nitrogens with one attached hydrogen (secondary N) is 1. The molecular formula is C22H24N6O3S. The van der Waals surface area contributed by atoms with Crippen molar-refractivity contribution in [3.8, 4) is 11.4 Å². The molecule has 1 N–H and O–H groups in total. The van der Waals surface area contributed by atoms with Crippen LogP contribution in [-0.4, -0.2) is 72.1 Å². The summed E-state index contributed by atoms with van der Waals surface area (Å²) in [5.74, 6) is 0.803. The highest BCUT2D eigenvalue weighted by Crippen LogP contribution is 2.15. The van der Waals surface area contributed by atoms with Crippen molar-refractivity contribution < 1.29 is 13.2 Å². The van der Waals surface area contributed by atoms with Crippen molar-refractivity contribution in [2.75, 3.05) is 43.4 Å². The van der Waals surface area contributed by atoms with Crippen LogP contribution in [0.15, 0.2) is 67.1 Å². The van der Waals surface area contributed by atoms with E-state index in [0.29, 0.717) is 32.0 Å². The number of pyridine rings is 1. The molecule has 32 heavy (non-hydrogen) atoms. The van der Waals surface area contributed by atoms with Crippen LogP contribution >= 0.6 is 0 Å². The van der Waals surface area contributed by atoms with Crippen molar-refractivity contribution in [3.05, 3.63) is 72.7 Å². The summed E-state index contributed by atoms with van der Waals surface area (Å²) in [7, 11) is -3.47. The fraction of sp³-hybridized carbons (Fsp3) is 0.273. The molecular weight excluding hydrogens is 428 g/mol. The van der Waals surface area contributed by atoms with Gasteiger partial charge in [-0.2, -0.15) is 4.31 Å². The van der Waals surface area contributed by atoms with Gasteiger partial charge in [-0.1, -0.05) is 36.4 Å². The van der Waals surface area contributed by atoms with Crippen LogP contribution in [0.3, 0.4) is 0 Å². The number of hydrogen-bond acceptors (Lipinski definition) is 7. The van der Waals surface area contributed by atoms with Gasteiger partial charge < -0.3 is 10.2 Å². The quantitative estimate of drug-likeness (QED) is 0.578. The van der Waals surface area contributed by atoms with Gasteiger partial charge in [0.2, 0.25) is 10.0 Å². The first-order valence-electron chi connectivity index (χ1n) is 10.3. The van der Waals surface area contributed by atoms with E-state index >= 15 is 0 Å². The molecule has 9 nitrogen and oxygen atoms in total. The number of amides is 1. The molecule has 1 amide bonds. The SMILES string of the molecule is O=C(NCCS(=O)(=O)N1CCN(c2ccccn2)CC1)c1cnc(-c2ccccc2)nc1. The lowest BCUT2D eigenvalue weighted by Gasteiger charge is -2.34. The van der Waals surface area contributed by atoms with Gasteiger partial charge in [-0.15, -0.1) is 0 Å². The van der Waals surface area contributed by atoms with Gasteiger partial charge in [0, 0.05) is 56.9 Å². The number of carbonyl (C=O) groups excluding carboxylic acids is 1. The van der Waals surface area contributed by atoms with E-state index < -0.39 is 15.9 Å². The van der Waals surface area contributed by atoms with E-state index in [1.165, 1.54) is 16.7 Å². The number of benzene rings is 1. The number of carbonyl (C=O) groups is 1. The molecule has 0 aliphatic carbocycles. The molecule has 1 aliphatic rings. The average Bonchev–Trinajstić information content (AvgIpc) is 2.85. The van der Waals surface area contributed by atoms with Gasteiger partial charge in [-0.3, -0.25) is 4.79 Å².